The fourth-order valence-electron chi connectivity index (χ4n) is 2.59. The van der Waals surface area contributed by atoms with Gasteiger partial charge in [-0.1, -0.05) is 6.42 Å². The minimum atomic E-state index is -6.45. The van der Waals surface area contributed by atoms with Crippen molar-refractivity contribution >= 4 is 16.1 Å². The first-order valence-corrected chi connectivity index (χ1v) is 9.11. The molecule has 152 valence electrons. The zero-order valence-electron chi connectivity index (χ0n) is 13.2. The van der Waals surface area contributed by atoms with Gasteiger partial charge in [-0.25, -0.2) is 0 Å². The summed E-state index contributed by atoms with van der Waals surface area (Å²) in [6.07, 6.45) is -9.79. The average Bonchev–Trinajstić information content (AvgIpc) is 3.32. The van der Waals surface area contributed by atoms with Gasteiger partial charge in [0.15, 0.2) is 0 Å². The van der Waals surface area contributed by atoms with Gasteiger partial charge >= 0.3 is 27.5 Å². The molecule has 0 aromatic carbocycles. The van der Waals surface area contributed by atoms with E-state index in [-0.39, 0.29) is 25.6 Å². The Morgan fingerprint density at radius 3 is 2.35 bits per heavy atom. The molecule has 1 saturated heterocycles. The molecule has 4 unspecified atom stereocenters. The fourth-order valence-corrected chi connectivity index (χ4v) is 3.04. The molecule has 0 aromatic rings. The minimum absolute atomic E-state index is 0.0480. The standard InChI is InChI=1S/C13H17F5O7S/c14-12(15,16)11(13(17,18)26(20,21)22)25-10(19)7-2-1-3-8(4-7)23-5-9-6-24-9/h7-9,11H,1-6H2,(H,20,21,22). The van der Waals surface area contributed by atoms with Gasteiger partial charge < -0.3 is 14.2 Å². The van der Waals surface area contributed by atoms with E-state index in [1.54, 1.807) is 0 Å². The Morgan fingerprint density at radius 1 is 1.23 bits per heavy atom. The molecule has 0 radical (unpaired) electrons. The largest absolute Gasteiger partial charge is 0.444 e. The molecular formula is C13H17F5O7S. The zero-order chi connectivity index (χ0) is 19.8. The molecule has 4 atom stereocenters. The molecule has 1 saturated carbocycles. The first-order chi connectivity index (χ1) is 11.8. The summed E-state index contributed by atoms with van der Waals surface area (Å²) in [6.45, 7) is 0.772. The van der Waals surface area contributed by atoms with E-state index in [0.717, 1.165) is 0 Å². The highest BCUT2D eigenvalue weighted by Gasteiger charge is 2.66. The maximum absolute atomic E-state index is 13.4. The molecule has 2 rings (SSSR count). The summed E-state index contributed by atoms with van der Waals surface area (Å²) in [5.41, 5.74) is 0. The Kier molecular flexibility index (Phi) is 6.15. The highest BCUT2D eigenvalue weighted by molar-refractivity contribution is 7.86. The highest BCUT2D eigenvalue weighted by Crippen LogP contribution is 2.39. The van der Waals surface area contributed by atoms with E-state index in [4.69, 9.17) is 14.0 Å². The summed E-state index contributed by atoms with van der Waals surface area (Å²) in [5.74, 6) is -2.78. The third-order valence-corrected chi connectivity index (χ3v) is 4.96. The summed E-state index contributed by atoms with van der Waals surface area (Å²) >= 11 is 0. The minimum Gasteiger partial charge on any atom is -0.444 e. The number of rotatable bonds is 7. The lowest BCUT2D eigenvalue weighted by Crippen LogP contribution is -2.52. The lowest BCUT2D eigenvalue weighted by atomic mass is 9.87. The first kappa shape index (κ1) is 21.3. The second-order valence-electron chi connectivity index (χ2n) is 6.17. The fraction of sp³-hybridized carbons (Fsp3) is 0.923. The third-order valence-electron chi connectivity index (χ3n) is 4.06. The maximum atomic E-state index is 13.4. The van der Waals surface area contributed by atoms with Crippen LogP contribution in [0.2, 0.25) is 0 Å². The van der Waals surface area contributed by atoms with Crippen molar-refractivity contribution in [2.75, 3.05) is 13.2 Å². The molecule has 7 nitrogen and oxygen atoms in total. The van der Waals surface area contributed by atoms with Gasteiger partial charge in [0.1, 0.15) is 6.10 Å². The Hall–Kier alpha value is -1.05. The topological polar surface area (TPSA) is 102 Å². The second-order valence-corrected chi connectivity index (χ2v) is 7.66. The van der Waals surface area contributed by atoms with Crippen molar-refractivity contribution in [1.29, 1.82) is 0 Å². The number of alkyl halides is 5. The molecule has 26 heavy (non-hydrogen) atoms. The maximum Gasteiger partial charge on any atom is 0.432 e. The number of halogens is 5. The monoisotopic (exact) mass is 412 g/mol. The van der Waals surface area contributed by atoms with Crippen LogP contribution >= 0.6 is 0 Å². The van der Waals surface area contributed by atoms with Crippen molar-refractivity contribution in [1.82, 2.24) is 0 Å². The average molecular weight is 412 g/mol. The van der Waals surface area contributed by atoms with Crippen LogP contribution in [-0.4, -0.2) is 61.9 Å². The summed E-state index contributed by atoms with van der Waals surface area (Å²) in [6, 6.07) is 0. The highest BCUT2D eigenvalue weighted by atomic mass is 32.2. The van der Waals surface area contributed by atoms with E-state index >= 15 is 0 Å². The van der Waals surface area contributed by atoms with Crippen LogP contribution in [0, 0.1) is 5.92 Å². The Bertz CT molecular complexity index is 617. The van der Waals surface area contributed by atoms with Gasteiger partial charge in [0.25, 0.3) is 6.10 Å². The van der Waals surface area contributed by atoms with Gasteiger partial charge in [0.05, 0.1) is 25.2 Å². The van der Waals surface area contributed by atoms with Crippen LogP contribution in [0.15, 0.2) is 0 Å². The van der Waals surface area contributed by atoms with Gasteiger partial charge in [0, 0.05) is 0 Å². The predicted octanol–water partition coefficient (Wildman–Crippen LogP) is 1.92. The summed E-state index contributed by atoms with van der Waals surface area (Å²) < 4.78 is 109. The number of hydrogen-bond donors (Lipinski definition) is 1. The molecule has 2 fully saturated rings. The van der Waals surface area contributed by atoms with Gasteiger partial charge in [0.2, 0.25) is 0 Å². The quantitative estimate of drug-likeness (QED) is 0.295. The number of esters is 1. The molecular weight excluding hydrogens is 395 g/mol. The lowest BCUT2D eigenvalue weighted by molar-refractivity contribution is -0.261. The van der Waals surface area contributed by atoms with Gasteiger partial charge in [-0.3, -0.25) is 9.35 Å². The molecule has 13 heteroatoms. The molecule has 1 aliphatic heterocycles. The first-order valence-electron chi connectivity index (χ1n) is 7.67. The summed E-state index contributed by atoms with van der Waals surface area (Å²) in [4.78, 5) is 11.9. The number of epoxide rings is 1. The molecule has 0 spiro atoms. The molecule has 0 amide bonds. The summed E-state index contributed by atoms with van der Waals surface area (Å²) in [5, 5.41) is -5.73. The van der Waals surface area contributed by atoms with Crippen LogP contribution < -0.4 is 0 Å². The van der Waals surface area contributed by atoms with Crippen LogP contribution in [0.5, 0.6) is 0 Å². The van der Waals surface area contributed by atoms with E-state index in [9.17, 15) is 35.2 Å². The molecule has 1 aliphatic carbocycles. The van der Waals surface area contributed by atoms with Gasteiger partial charge in [-0.05, 0) is 19.3 Å². The summed E-state index contributed by atoms with van der Waals surface area (Å²) in [7, 11) is -6.45. The molecule has 1 heterocycles. The van der Waals surface area contributed by atoms with Crippen LogP contribution in [0.3, 0.4) is 0 Å². The van der Waals surface area contributed by atoms with Crippen molar-refractivity contribution < 1.29 is 53.9 Å². The molecule has 0 aromatic heterocycles. The van der Waals surface area contributed by atoms with Gasteiger partial charge in [-0.2, -0.15) is 30.4 Å². The van der Waals surface area contributed by atoms with Crippen LogP contribution in [0.1, 0.15) is 25.7 Å². The van der Waals surface area contributed by atoms with Gasteiger partial charge in [-0.15, -0.1) is 0 Å². The third kappa shape index (κ3) is 5.24. The number of ether oxygens (including phenoxy) is 3. The van der Waals surface area contributed by atoms with E-state index in [1.165, 1.54) is 0 Å². The number of carbonyl (C=O) groups excluding carboxylic acids is 1. The normalized spacial score (nSPS) is 28.5. The smallest absolute Gasteiger partial charge is 0.432 e. The Balaban J connectivity index is 2.03. The lowest BCUT2D eigenvalue weighted by Gasteiger charge is -2.31. The van der Waals surface area contributed by atoms with Crippen LogP contribution in [0.4, 0.5) is 22.0 Å². The van der Waals surface area contributed by atoms with Crippen LogP contribution in [-0.2, 0) is 29.1 Å². The molecule has 0 bridgehead atoms. The van der Waals surface area contributed by atoms with E-state index < -0.39 is 45.6 Å². The predicted molar refractivity (Wildman–Crippen MR) is 73.9 cm³/mol. The zero-order valence-corrected chi connectivity index (χ0v) is 14.1. The SMILES string of the molecule is O=C(OC(C(F)(F)F)C(F)(F)S(=O)(=O)O)C1CCCC(OCC2CO2)C1. The van der Waals surface area contributed by atoms with Crippen molar-refractivity contribution in [3.05, 3.63) is 0 Å². The van der Waals surface area contributed by atoms with Crippen molar-refractivity contribution in [3.8, 4) is 0 Å². The van der Waals surface area contributed by atoms with E-state index in [0.29, 0.717) is 19.4 Å². The van der Waals surface area contributed by atoms with Crippen LogP contribution in [0.25, 0.3) is 0 Å². The molecule has 1 N–H and O–H groups in total. The molecule has 2 aliphatic rings. The number of carbonyl (C=O) groups is 1. The van der Waals surface area contributed by atoms with Crippen molar-refractivity contribution in [2.45, 2.75) is 55.4 Å². The van der Waals surface area contributed by atoms with Crippen molar-refractivity contribution in [3.63, 3.8) is 0 Å². The van der Waals surface area contributed by atoms with Crippen molar-refractivity contribution in [2.24, 2.45) is 5.92 Å². The Labute approximate surface area is 145 Å². The number of hydrogen-bond acceptors (Lipinski definition) is 6. The van der Waals surface area contributed by atoms with E-state index in [1.807, 2.05) is 0 Å². The Morgan fingerprint density at radius 2 is 1.85 bits per heavy atom. The second kappa shape index (κ2) is 7.52. The van der Waals surface area contributed by atoms with E-state index in [2.05, 4.69) is 4.74 Å².